The van der Waals surface area contributed by atoms with Crippen molar-refractivity contribution in [3.8, 4) is 0 Å². The van der Waals surface area contributed by atoms with Crippen molar-refractivity contribution < 1.29 is 192 Å². The molecule has 18 N–H and O–H groups in total. The normalized spacial score (nSPS) is 45.8. The van der Waals surface area contributed by atoms with E-state index in [-0.39, 0.29) is 0 Å². The fraction of sp³-hybridized carbons (Fsp3) is 1.00. The van der Waals surface area contributed by atoms with Crippen LogP contribution in [0.2, 0.25) is 0 Å². The van der Waals surface area contributed by atoms with Crippen LogP contribution in [0.1, 0.15) is 13.8 Å². The Morgan fingerprint density at radius 1 is 0.310 bits per heavy atom. The van der Waals surface area contributed by atoms with Gasteiger partial charge in [-0.2, -0.15) is 33.7 Å². The molecule has 0 aromatic rings. The lowest BCUT2D eigenvalue weighted by molar-refractivity contribution is -0.340. The number of hydrogen-bond donors (Lipinski definition) is 18. The van der Waals surface area contributed by atoms with Crippen LogP contribution in [0.5, 0.6) is 0 Å². The van der Waals surface area contributed by atoms with Gasteiger partial charge in [0.1, 0.15) is 104 Å². The van der Waals surface area contributed by atoms with Crippen molar-refractivity contribution in [1.82, 2.24) is 0 Å². The Labute approximate surface area is 476 Å². The molecule has 0 saturated carbocycles. The highest BCUT2D eigenvalue weighted by atomic mass is 32.3. The lowest BCUT2D eigenvalue weighted by Crippen LogP contribution is -2.63. The van der Waals surface area contributed by atoms with Crippen molar-refractivity contribution in [3.63, 3.8) is 0 Å². The Morgan fingerprint density at radius 2 is 0.655 bits per heavy atom. The Bertz CT molecular complexity index is 2550. The Balaban J connectivity index is 1.18. The van der Waals surface area contributed by atoms with Gasteiger partial charge in [-0.1, -0.05) is 0 Å². The van der Waals surface area contributed by atoms with Crippen molar-refractivity contribution in [3.05, 3.63) is 0 Å². The van der Waals surface area contributed by atoms with E-state index in [9.17, 15) is 123 Å². The molecule has 30 atom stereocenters. The molecule has 0 aliphatic carbocycles. The van der Waals surface area contributed by atoms with Crippen LogP contribution in [0.25, 0.3) is 0 Å². The largest absolute Gasteiger partial charge is 0.397 e. The average molecular weight is 1320 g/mol. The highest BCUT2D eigenvalue weighted by Gasteiger charge is 2.55. The van der Waals surface area contributed by atoms with E-state index >= 15 is 0 Å². The van der Waals surface area contributed by atoms with Gasteiger partial charge in [-0.25, -0.2) is 16.7 Å². The summed E-state index contributed by atoms with van der Waals surface area (Å²) >= 11 is 0. The molecule has 45 heteroatoms. The minimum atomic E-state index is -5.63. The first-order valence-corrected chi connectivity index (χ1v) is 30.3. The molecule has 0 aromatic heterocycles. The van der Waals surface area contributed by atoms with Gasteiger partial charge in [0.25, 0.3) is 0 Å². The third-order valence-corrected chi connectivity index (χ3v) is 16.1. The van der Waals surface area contributed by atoms with Crippen LogP contribution in [-0.4, -0.2) is 336 Å². The van der Waals surface area contributed by atoms with E-state index in [1.165, 1.54) is 13.8 Å². The van der Waals surface area contributed by atoms with Crippen molar-refractivity contribution in [2.75, 3.05) is 46.2 Å². The lowest BCUT2D eigenvalue weighted by Gasteiger charge is -2.46. The van der Waals surface area contributed by atoms with Crippen molar-refractivity contribution in [1.29, 1.82) is 0 Å². The van der Waals surface area contributed by atoms with E-state index in [0.717, 1.165) is 0 Å². The van der Waals surface area contributed by atoms with Crippen molar-refractivity contribution >= 4 is 41.6 Å². The molecule has 41 nitrogen and oxygen atoms in total. The van der Waals surface area contributed by atoms with Crippen LogP contribution in [0, 0.1) is 17.8 Å². The second-order valence-corrected chi connectivity index (χ2v) is 24.2. The molecular weight excluding hydrogens is 1250 g/mol. The summed E-state index contributed by atoms with van der Waals surface area (Å²) in [4.78, 5) is 0. The third-order valence-electron chi connectivity index (χ3n) is 14.3. The average Bonchev–Trinajstić information content (AvgIpc) is 3.56. The molecule has 6 fully saturated rings. The van der Waals surface area contributed by atoms with Gasteiger partial charge in [-0.15, -0.1) is 0 Å². The van der Waals surface area contributed by atoms with Crippen molar-refractivity contribution in [2.45, 2.75) is 180 Å². The summed E-state index contributed by atoms with van der Waals surface area (Å²) in [5, 5.41) is 149. The van der Waals surface area contributed by atoms with Gasteiger partial charge >= 0.3 is 41.6 Å². The van der Waals surface area contributed by atoms with Crippen LogP contribution < -0.4 is 0 Å². The molecule has 6 aliphatic heterocycles. The van der Waals surface area contributed by atoms with Gasteiger partial charge in [-0.05, 0) is 13.8 Å². The van der Waals surface area contributed by atoms with Gasteiger partial charge in [0.15, 0.2) is 37.7 Å². The van der Waals surface area contributed by atoms with Crippen LogP contribution in [0.15, 0.2) is 0 Å². The fourth-order valence-corrected chi connectivity index (χ4v) is 11.9. The topological polar surface area (TPSA) is 639 Å². The molecule has 6 rings (SSSR count). The molecule has 0 aromatic carbocycles. The van der Waals surface area contributed by atoms with Gasteiger partial charge < -0.3 is 124 Å². The number of aliphatic hydroxyl groups is 14. The second-order valence-electron chi connectivity index (χ2n) is 20.0. The summed E-state index contributed by atoms with van der Waals surface area (Å²) in [5.74, 6) is -4.97. The third kappa shape index (κ3) is 18.1. The molecule has 494 valence electrons. The molecule has 0 radical (unpaired) electrons. The number of rotatable bonds is 25. The molecule has 0 amide bonds. The van der Waals surface area contributed by atoms with E-state index in [1.54, 1.807) is 0 Å². The summed E-state index contributed by atoms with van der Waals surface area (Å²) < 4.78 is 212. The first kappa shape index (κ1) is 71.6. The number of aliphatic hydroxyl groups excluding tert-OH is 14. The summed E-state index contributed by atoms with van der Waals surface area (Å²) in [5.41, 5.74) is 0. The van der Waals surface area contributed by atoms with Crippen LogP contribution in [0.3, 0.4) is 0 Å². The van der Waals surface area contributed by atoms with E-state index in [0.29, 0.717) is 0 Å². The zero-order chi connectivity index (χ0) is 62.9. The van der Waals surface area contributed by atoms with E-state index in [2.05, 4.69) is 12.5 Å². The first-order valence-electron chi connectivity index (χ1n) is 24.9. The summed E-state index contributed by atoms with van der Waals surface area (Å²) in [6, 6.07) is 0. The Morgan fingerprint density at radius 3 is 1.14 bits per heavy atom. The van der Waals surface area contributed by atoms with E-state index < -0.39 is 272 Å². The molecular formula is C39H68O41S4. The van der Waals surface area contributed by atoms with Crippen LogP contribution in [0.4, 0.5) is 0 Å². The summed E-state index contributed by atoms with van der Waals surface area (Å²) in [6.45, 7) is -4.55. The Kier molecular flexibility index (Phi) is 24.9. The highest BCUT2D eigenvalue weighted by molar-refractivity contribution is 7.81. The minimum Gasteiger partial charge on any atom is -0.394 e. The maximum absolute atomic E-state index is 12.1. The van der Waals surface area contributed by atoms with Gasteiger partial charge in [0, 0.05) is 17.8 Å². The summed E-state index contributed by atoms with van der Waals surface area (Å²) in [6.07, 6.45) is -54.8. The minimum absolute atomic E-state index is 0.681. The first-order chi connectivity index (χ1) is 38.8. The molecule has 6 saturated heterocycles. The zero-order valence-electron chi connectivity index (χ0n) is 43.3. The highest BCUT2D eigenvalue weighted by Crippen LogP contribution is 2.37. The molecule has 0 bridgehead atoms. The predicted octanol–water partition coefficient (Wildman–Crippen LogP) is -12.0. The number of hydrogen-bond acceptors (Lipinski definition) is 37. The smallest absolute Gasteiger partial charge is 0.394 e. The van der Waals surface area contributed by atoms with E-state index in [1.807, 2.05) is 0 Å². The monoisotopic (exact) mass is 1320 g/mol. The lowest BCUT2D eigenvalue weighted by atomic mass is 9.88. The Hall–Kier alpha value is -1.52. The van der Waals surface area contributed by atoms with Crippen LogP contribution >= 0.6 is 0 Å². The van der Waals surface area contributed by atoms with Crippen molar-refractivity contribution in [2.24, 2.45) is 17.8 Å². The quantitative estimate of drug-likeness (QED) is 0.0377. The van der Waals surface area contributed by atoms with Gasteiger partial charge in [-0.3, -0.25) is 18.2 Å². The second kappa shape index (κ2) is 29.2. The van der Waals surface area contributed by atoms with Gasteiger partial charge in [0.05, 0.1) is 70.7 Å². The standard InChI is InChI=1S/C39H68O41S4/c1-10-12(5-66-36-25(48)24(47)19(42)11(2)72-36)30(77-81(54,55)56)27(50)37(71-10)68-7-14-20(43)15(3-40)74-35(21(14)44)67-6-13-17(73-34(53)26(49)31(13)78-82(57,58)59)8-69-39-29(52)33(80-84(63,64)65)23(46)18(76-39)9-70-38-28(51)32(79-83(60,61)62)22(45)16(4-41)75-38/h10-53H,3-9H2,1-2H3,(H,54,55,56)(H,57,58,59)(H,60,61,62)(H,63,64,65)/t10?,11?,12-,13+,14-,15?,16?,17?,18?,19-,20-,21?,22+,23+,24+,25?,26?,27?,28?,29?,30+,31-,32-,33-,34-,35-,36-,37-,38-,39-/m1/s1. The van der Waals surface area contributed by atoms with E-state index in [4.69, 9.17) is 56.3 Å². The molecule has 0 spiro atoms. The van der Waals surface area contributed by atoms with Crippen LogP contribution in [-0.2, 0) is 110 Å². The maximum Gasteiger partial charge on any atom is 0.397 e. The zero-order valence-corrected chi connectivity index (χ0v) is 46.6. The molecule has 12 unspecified atom stereocenters. The predicted molar refractivity (Wildman–Crippen MR) is 252 cm³/mol. The molecule has 84 heavy (non-hydrogen) atoms. The SMILES string of the molecule is CC1O[C@@H](OC[C@@H]2C(C)O[C@@H](OC[C@H]3C(O)[C@H](OC[C@H]4C(CO[C@@H]5OC(CO[C@@H]6OC(CO)[C@H](O)[C@@H](OS(=O)(=O)O)C6O)[C@H](O)[C@@H](OS(=O)(=O)O)C5O)O[C@@H](O)C(O)[C@@H]4OS(=O)(=O)O)OC(CO)[C@@H]3O)C(O)[C@H]2OS(=O)(=O)O)C(O)[C@@H](O)[C@@H]1O. The molecule has 6 aliphatic rings. The number of ether oxygens (including phenoxy) is 11. The molecule has 6 heterocycles. The maximum atomic E-state index is 12.1. The fourth-order valence-electron chi connectivity index (χ4n) is 9.85. The summed E-state index contributed by atoms with van der Waals surface area (Å²) in [7, 11) is -22.1. The van der Waals surface area contributed by atoms with Gasteiger partial charge in [0.2, 0.25) is 0 Å².